The molecule has 1 aromatic rings. The zero-order valence-electron chi connectivity index (χ0n) is 8.70. The summed E-state index contributed by atoms with van der Waals surface area (Å²) in [6, 6.07) is 0. The Labute approximate surface area is 83.3 Å². The van der Waals surface area contributed by atoms with Crippen LogP contribution in [0.4, 0.5) is 0 Å². The molecule has 0 bridgehead atoms. The third kappa shape index (κ3) is 2.80. The summed E-state index contributed by atoms with van der Waals surface area (Å²) < 4.78 is 4.93. The number of carbonyl (C=O) groups excluding carboxylic acids is 1. The van der Waals surface area contributed by atoms with Crippen LogP contribution in [0.3, 0.4) is 0 Å². The quantitative estimate of drug-likeness (QED) is 0.685. The normalized spacial score (nSPS) is 9.93. The average Bonchev–Trinajstić information content (AvgIpc) is 2.19. The molecule has 4 nitrogen and oxygen atoms in total. The molecule has 0 saturated carbocycles. The molecule has 0 aromatic carbocycles. The monoisotopic (exact) mass is 194 g/mol. The van der Waals surface area contributed by atoms with E-state index in [0.29, 0.717) is 12.1 Å². The first kappa shape index (κ1) is 10.6. The molecule has 0 spiro atoms. The van der Waals surface area contributed by atoms with E-state index in [0.717, 1.165) is 11.4 Å². The van der Waals surface area contributed by atoms with Gasteiger partial charge in [0.1, 0.15) is 6.61 Å². The Morgan fingerprint density at radius 1 is 1.43 bits per heavy atom. The van der Waals surface area contributed by atoms with Crippen molar-refractivity contribution in [2.45, 2.75) is 33.8 Å². The number of nitrogens with zero attached hydrogens (tertiary/aromatic N) is 2. The summed E-state index contributed by atoms with van der Waals surface area (Å²) in [5.41, 5.74) is 2.46. The molecule has 0 radical (unpaired) electrons. The predicted octanol–water partition coefficient (Wildman–Crippen LogP) is 1.55. The molecule has 1 heterocycles. The molecule has 0 atom stereocenters. The van der Waals surface area contributed by atoms with Crippen LogP contribution < -0.4 is 0 Å². The maximum Gasteiger partial charge on any atom is 0.305 e. The molecule has 0 amide bonds. The van der Waals surface area contributed by atoms with E-state index in [1.807, 2.05) is 13.8 Å². The molecule has 76 valence electrons. The maximum atomic E-state index is 10.9. The van der Waals surface area contributed by atoms with Crippen molar-refractivity contribution in [3.05, 3.63) is 23.3 Å². The highest BCUT2D eigenvalue weighted by molar-refractivity contribution is 5.68. The van der Waals surface area contributed by atoms with Crippen LogP contribution >= 0.6 is 0 Å². The van der Waals surface area contributed by atoms with E-state index < -0.39 is 0 Å². The fourth-order valence-electron chi connectivity index (χ4n) is 0.916. The van der Waals surface area contributed by atoms with Crippen LogP contribution in [0.5, 0.6) is 0 Å². The number of esters is 1. The van der Waals surface area contributed by atoms with Gasteiger partial charge in [-0.15, -0.1) is 0 Å². The first-order valence-electron chi connectivity index (χ1n) is 4.58. The largest absolute Gasteiger partial charge is 0.459 e. The summed E-state index contributed by atoms with van der Waals surface area (Å²) in [4.78, 5) is 19.2. The Bertz CT molecular complexity index is 337. The smallest absolute Gasteiger partial charge is 0.305 e. The molecular weight excluding hydrogens is 180 g/mol. The summed E-state index contributed by atoms with van der Waals surface area (Å²) >= 11 is 0. The van der Waals surface area contributed by atoms with Gasteiger partial charge in [0.15, 0.2) is 0 Å². The van der Waals surface area contributed by atoms with Crippen LogP contribution in [0.2, 0.25) is 0 Å². The van der Waals surface area contributed by atoms with E-state index in [1.165, 1.54) is 0 Å². The van der Waals surface area contributed by atoms with Crippen molar-refractivity contribution in [3.8, 4) is 0 Å². The lowest BCUT2D eigenvalue weighted by Crippen LogP contribution is -2.05. The molecule has 0 unspecified atom stereocenters. The fourth-order valence-corrected chi connectivity index (χ4v) is 0.916. The van der Waals surface area contributed by atoms with Crippen LogP contribution in [-0.4, -0.2) is 15.9 Å². The van der Waals surface area contributed by atoms with Crippen LogP contribution in [0, 0.1) is 13.8 Å². The second kappa shape index (κ2) is 4.69. The molecule has 4 heteroatoms. The topological polar surface area (TPSA) is 52.1 Å². The Balaban J connectivity index is 2.60. The number of aryl methyl sites for hydroxylation is 2. The zero-order valence-corrected chi connectivity index (χ0v) is 8.70. The minimum absolute atomic E-state index is 0.209. The van der Waals surface area contributed by atoms with E-state index in [4.69, 9.17) is 4.74 Å². The Morgan fingerprint density at radius 2 is 2.14 bits per heavy atom. The van der Waals surface area contributed by atoms with Gasteiger partial charge >= 0.3 is 5.97 Å². The molecular formula is C10H14N2O2. The highest BCUT2D eigenvalue weighted by atomic mass is 16.5. The lowest BCUT2D eigenvalue weighted by atomic mass is 10.3. The molecule has 0 aliphatic carbocycles. The van der Waals surface area contributed by atoms with Crippen LogP contribution in [-0.2, 0) is 16.1 Å². The van der Waals surface area contributed by atoms with Gasteiger partial charge in [0.25, 0.3) is 0 Å². The average molecular weight is 194 g/mol. The van der Waals surface area contributed by atoms with Crippen molar-refractivity contribution < 1.29 is 9.53 Å². The molecule has 0 aliphatic heterocycles. The van der Waals surface area contributed by atoms with E-state index in [-0.39, 0.29) is 12.6 Å². The second-order valence-electron chi connectivity index (χ2n) is 3.05. The minimum Gasteiger partial charge on any atom is -0.459 e. The number of rotatable bonds is 3. The fraction of sp³-hybridized carbons (Fsp3) is 0.500. The Hall–Kier alpha value is -1.45. The van der Waals surface area contributed by atoms with Gasteiger partial charge in [0, 0.05) is 6.42 Å². The first-order chi connectivity index (χ1) is 6.63. The first-order valence-corrected chi connectivity index (χ1v) is 4.58. The number of hydrogen-bond donors (Lipinski definition) is 0. The van der Waals surface area contributed by atoms with E-state index >= 15 is 0 Å². The van der Waals surface area contributed by atoms with Gasteiger partial charge in [-0.2, -0.15) is 0 Å². The molecule has 0 N–H and O–H groups in total. The summed E-state index contributed by atoms with van der Waals surface area (Å²) in [5.74, 6) is -0.218. The highest BCUT2D eigenvalue weighted by Crippen LogP contribution is 2.02. The van der Waals surface area contributed by atoms with Crippen molar-refractivity contribution in [2.24, 2.45) is 0 Å². The Kier molecular flexibility index (Phi) is 3.56. The molecule has 0 fully saturated rings. The van der Waals surface area contributed by atoms with Crippen LogP contribution in [0.15, 0.2) is 6.20 Å². The molecule has 1 aromatic heterocycles. The third-order valence-electron chi connectivity index (χ3n) is 1.91. The van der Waals surface area contributed by atoms with E-state index in [2.05, 4.69) is 9.97 Å². The summed E-state index contributed by atoms with van der Waals surface area (Å²) in [6.45, 7) is 5.74. The third-order valence-corrected chi connectivity index (χ3v) is 1.91. The van der Waals surface area contributed by atoms with Crippen molar-refractivity contribution in [3.63, 3.8) is 0 Å². The summed E-state index contributed by atoms with van der Waals surface area (Å²) in [6.07, 6.45) is 2.02. The molecule has 0 saturated heterocycles. The number of aromatic nitrogens is 2. The lowest BCUT2D eigenvalue weighted by molar-refractivity contribution is -0.144. The summed E-state index contributed by atoms with van der Waals surface area (Å²) in [7, 11) is 0. The molecule has 14 heavy (non-hydrogen) atoms. The number of hydrogen-bond acceptors (Lipinski definition) is 4. The standard InChI is InChI=1S/C10H14N2O2/c1-4-10(13)14-6-9-5-11-7(2)8(3)12-9/h5H,4,6H2,1-3H3. The predicted molar refractivity (Wildman–Crippen MR) is 51.6 cm³/mol. The van der Waals surface area contributed by atoms with Gasteiger partial charge in [0.05, 0.1) is 23.3 Å². The van der Waals surface area contributed by atoms with Gasteiger partial charge < -0.3 is 4.74 Å². The van der Waals surface area contributed by atoms with Crippen LogP contribution in [0.1, 0.15) is 30.4 Å². The Morgan fingerprint density at radius 3 is 2.71 bits per heavy atom. The van der Waals surface area contributed by atoms with Gasteiger partial charge in [0.2, 0.25) is 0 Å². The van der Waals surface area contributed by atoms with Crippen molar-refractivity contribution in [1.82, 2.24) is 9.97 Å². The van der Waals surface area contributed by atoms with E-state index in [1.54, 1.807) is 13.1 Å². The minimum atomic E-state index is -0.218. The zero-order chi connectivity index (χ0) is 10.6. The van der Waals surface area contributed by atoms with E-state index in [9.17, 15) is 4.79 Å². The molecule has 0 aliphatic rings. The van der Waals surface area contributed by atoms with Gasteiger partial charge in [-0.25, -0.2) is 0 Å². The lowest BCUT2D eigenvalue weighted by Gasteiger charge is -2.04. The maximum absolute atomic E-state index is 10.9. The second-order valence-corrected chi connectivity index (χ2v) is 3.05. The SMILES string of the molecule is CCC(=O)OCc1cnc(C)c(C)n1. The van der Waals surface area contributed by atoms with Crippen molar-refractivity contribution >= 4 is 5.97 Å². The van der Waals surface area contributed by atoms with Gasteiger partial charge in [-0.05, 0) is 13.8 Å². The van der Waals surface area contributed by atoms with Crippen molar-refractivity contribution in [1.29, 1.82) is 0 Å². The summed E-state index contributed by atoms with van der Waals surface area (Å²) in [5, 5.41) is 0. The van der Waals surface area contributed by atoms with Crippen molar-refractivity contribution in [2.75, 3.05) is 0 Å². The molecule has 1 rings (SSSR count). The highest BCUT2D eigenvalue weighted by Gasteiger charge is 2.02. The van der Waals surface area contributed by atoms with Gasteiger partial charge in [-0.3, -0.25) is 14.8 Å². The number of carbonyl (C=O) groups is 1. The van der Waals surface area contributed by atoms with Gasteiger partial charge in [-0.1, -0.05) is 6.92 Å². The number of ether oxygens (including phenoxy) is 1. The van der Waals surface area contributed by atoms with Crippen LogP contribution in [0.25, 0.3) is 0 Å².